The highest BCUT2D eigenvalue weighted by Crippen LogP contribution is 2.27. The predicted molar refractivity (Wildman–Crippen MR) is 75.5 cm³/mol. The number of nitrogens with zero attached hydrogens (tertiary/aromatic N) is 2. The quantitative estimate of drug-likeness (QED) is 0.727. The summed E-state index contributed by atoms with van der Waals surface area (Å²) >= 11 is 0. The number of imidazole rings is 1. The fourth-order valence-electron chi connectivity index (χ4n) is 1.99. The number of carbonyl (C=O) groups excluding carboxylic acids is 1. The molecule has 0 aliphatic rings. The average Bonchev–Trinajstić information content (AvgIpc) is 2.95. The van der Waals surface area contributed by atoms with E-state index in [0.717, 1.165) is 25.1 Å². The van der Waals surface area contributed by atoms with Crippen LogP contribution in [0.4, 0.5) is 0 Å². The van der Waals surface area contributed by atoms with E-state index in [0.29, 0.717) is 23.7 Å². The summed E-state index contributed by atoms with van der Waals surface area (Å²) in [7, 11) is 1.56. The number of hydrogen-bond acceptors (Lipinski definition) is 4. The van der Waals surface area contributed by atoms with Crippen LogP contribution in [0, 0.1) is 0 Å². The Labute approximate surface area is 118 Å². The van der Waals surface area contributed by atoms with Gasteiger partial charge in [0.1, 0.15) is 18.7 Å². The Morgan fingerprint density at radius 1 is 1.35 bits per heavy atom. The molecule has 2 aromatic rings. The molecule has 0 saturated carbocycles. The number of methoxy groups -OCH3 is 1. The van der Waals surface area contributed by atoms with Gasteiger partial charge in [0.15, 0.2) is 11.5 Å². The van der Waals surface area contributed by atoms with Gasteiger partial charge in [-0.15, -0.1) is 0 Å². The maximum absolute atomic E-state index is 10.7. The summed E-state index contributed by atoms with van der Waals surface area (Å²) in [5.74, 6) is 2.24. The third-order valence-corrected chi connectivity index (χ3v) is 3.03. The van der Waals surface area contributed by atoms with Crippen LogP contribution in [0.15, 0.2) is 30.6 Å². The zero-order valence-electron chi connectivity index (χ0n) is 11.7. The van der Waals surface area contributed by atoms with Crippen molar-refractivity contribution in [3.8, 4) is 11.5 Å². The molecule has 2 rings (SSSR count). The maximum Gasteiger partial charge on any atom is 0.161 e. The molecule has 0 unspecified atom stereocenters. The molecule has 0 N–H and O–H groups in total. The predicted octanol–water partition coefficient (Wildman–Crippen LogP) is 2.35. The van der Waals surface area contributed by atoms with E-state index in [1.165, 1.54) is 0 Å². The molecular weight excluding hydrogens is 256 g/mol. The number of aromatic nitrogens is 2. The third-order valence-electron chi connectivity index (χ3n) is 3.03. The second-order valence-corrected chi connectivity index (χ2v) is 4.27. The van der Waals surface area contributed by atoms with Crippen LogP contribution in [-0.4, -0.2) is 29.6 Å². The van der Waals surface area contributed by atoms with Crippen molar-refractivity contribution < 1.29 is 14.3 Å². The van der Waals surface area contributed by atoms with Gasteiger partial charge in [-0.2, -0.15) is 0 Å². The Hall–Kier alpha value is -2.30. The third kappa shape index (κ3) is 3.17. The van der Waals surface area contributed by atoms with E-state index in [-0.39, 0.29) is 0 Å². The minimum atomic E-state index is 0.514. The van der Waals surface area contributed by atoms with Crippen LogP contribution < -0.4 is 9.47 Å². The first-order chi connectivity index (χ1) is 9.78. The smallest absolute Gasteiger partial charge is 0.161 e. The van der Waals surface area contributed by atoms with Crippen LogP contribution in [0.2, 0.25) is 0 Å². The fourth-order valence-corrected chi connectivity index (χ4v) is 1.99. The van der Waals surface area contributed by atoms with Gasteiger partial charge in [-0.3, -0.25) is 4.79 Å². The standard InChI is InChI=1S/C15H18N2O3/c1-3-15-16-6-7-17(15)8-9-20-13-5-4-12(11-18)10-14(13)19-2/h4-7,10-11H,3,8-9H2,1-2H3. The molecule has 0 bridgehead atoms. The van der Waals surface area contributed by atoms with Gasteiger partial charge in [-0.1, -0.05) is 6.92 Å². The van der Waals surface area contributed by atoms with Gasteiger partial charge < -0.3 is 14.0 Å². The summed E-state index contributed by atoms with van der Waals surface area (Å²) in [6, 6.07) is 5.12. The molecule has 1 aromatic carbocycles. The van der Waals surface area contributed by atoms with E-state index in [9.17, 15) is 4.79 Å². The summed E-state index contributed by atoms with van der Waals surface area (Å²) in [5, 5.41) is 0. The summed E-state index contributed by atoms with van der Waals surface area (Å²) in [4.78, 5) is 15.0. The number of hydrogen-bond donors (Lipinski definition) is 0. The normalized spacial score (nSPS) is 10.3. The number of aldehydes is 1. The number of benzene rings is 1. The zero-order valence-corrected chi connectivity index (χ0v) is 11.7. The molecule has 0 amide bonds. The second kappa shape index (κ2) is 6.75. The van der Waals surface area contributed by atoms with Gasteiger partial charge in [0, 0.05) is 24.4 Å². The van der Waals surface area contributed by atoms with Crippen LogP contribution in [0.1, 0.15) is 23.1 Å². The van der Waals surface area contributed by atoms with Crippen LogP contribution in [0.5, 0.6) is 11.5 Å². The fraction of sp³-hybridized carbons (Fsp3) is 0.333. The highest BCUT2D eigenvalue weighted by atomic mass is 16.5. The number of carbonyl (C=O) groups is 1. The Kier molecular flexibility index (Phi) is 4.76. The molecule has 5 heteroatoms. The molecule has 20 heavy (non-hydrogen) atoms. The summed E-state index contributed by atoms with van der Waals surface area (Å²) in [6.45, 7) is 3.31. The van der Waals surface area contributed by atoms with Crippen molar-refractivity contribution in [2.24, 2.45) is 0 Å². The van der Waals surface area contributed by atoms with Gasteiger partial charge in [-0.25, -0.2) is 4.98 Å². The van der Waals surface area contributed by atoms with Gasteiger partial charge in [-0.05, 0) is 18.2 Å². The average molecular weight is 274 g/mol. The Morgan fingerprint density at radius 2 is 2.20 bits per heavy atom. The summed E-state index contributed by atoms with van der Waals surface area (Å²) in [5.41, 5.74) is 0.567. The van der Waals surface area contributed by atoms with Crippen molar-refractivity contribution in [2.45, 2.75) is 19.9 Å². The van der Waals surface area contributed by atoms with Crippen LogP contribution in [0.25, 0.3) is 0 Å². The largest absolute Gasteiger partial charge is 0.493 e. The highest BCUT2D eigenvalue weighted by Gasteiger charge is 2.06. The molecule has 5 nitrogen and oxygen atoms in total. The lowest BCUT2D eigenvalue weighted by atomic mass is 10.2. The molecule has 0 fully saturated rings. The van der Waals surface area contributed by atoms with E-state index < -0.39 is 0 Å². The van der Waals surface area contributed by atoms with E-state index in [1.807, 2.05) is 6.20 Å². The SMILES string of the molecule is CCc1nccn1CCOc1ccc(C=O)cc1OC. The molecule has 106 valence electrons. The Bertz CT molecular complexity index is 578. The van der Waals surface area contributed by atoms with E-state index in [4.69, 9.17) is 9.47 Å². The lowest BCUT2D eigenvalue weighted by Crippen LogP contribution is -2.10. The molecule has 0 aliphatic carbocycles. The molecule has 0 aliphatic heterocycles. The summed E-state index contributed by atoms with van der Waals surface area (Å²) < 4.78 is 13.0. The maximum atomic E-state index is 10.7. The van der Waals surface area contributed by atoms with Crippen LogP contribution in [0.3, 0.4) is 0 Å². The lowest BCUT2D eigenvalue weighted by molar-refractivity contribution is 0.112. The first kappa shape index (κ1) is 14.1. The van der Waals surface area contributed by atoms with Crippen molar-refractivity contribution in [2.75, 3.05) is 13.7 Å². The topological polar surface area (TPSA) is 53.4 Å². The van der Waals surface area contributed by atoms with Crippen molar-refractivity contribution in [1.82, 2.24) is 9.55 Å². The lowest BCUT2D eigenvalue weighted by Gasteiger charge is -2.12. The van der Waals surface area contributed by atoms with Gasteiger partial charge in [0.2, 0.25) is 0 Å². The molecule has 0 radical (unpaired) electrons. The minimum Gasteiger partial charge on any atom is -0.493 e. The monoisotopic (exact) mass is 274 g/mol. The van der Waals surface area contributed by atoms with Gasteiger partial charge in [0.05, 0.1) is 13.7 Å². The van der Waals surface area contributed by atoms with Crippen molar-refractivity contribution >= 4 is 6.29 Å². The molecule has 0 spiro atoms. The number of rotatable bonds is 7. The second-order valence-electron chi connectivity index (χ2n) is 4.27. The first-order valence-corrected chi connectivity index (χ1v) is 6.54. The van der Waals surface area contributed by atoms with Crippen LogP contribution in [-0.2, 0) is 13.0 Å². The van der Waals surface area contributed by atoms with E-state index >= 15 is 0 Å². The molecular formula is C15H18N2O3. The number of aryl methyl sites for hydroxylation is 1. The molecule has 0 atom stereocenters. The van der Waals surface area contributed by atoms with Crippen molar-refractivity contribution in [3.05, 3.63) is 42.0 Å². The van der Waals surface area contributed by atoms with Gasteiger partial charge >= 0.3 is 0 Å². The van der Waals surface area contributed by atoms with Gasteiger partial charge in [0.25, 0.3) is 0 Å². The molecule has 1 aromatic heterocycles. The highest BCUT2D eigenvalue weighted by molar-refractivity contribution is 5.76. The first-order valence-electron chi connectivity index (χ1n) is 6.54. The van der Waals surface area contributed by atoms with Crippen molar-refractivity contribution in [1.29, 1.82) is 0 Å². The Balaban J connectivity index is 1.99. The van der Waals surface area contributed by atoms with Crippen LogP contribution >= 0.6 is 0 Å². The van der Waals surface area contributed by atoms with E-state index in [1.54, 1.807) is 31.5 Å². The van der Waals surface area contributed by atoms with Crippen molar-refractivity contribution in [3.63, 3.8) is 0 Å². The number of ether oxygens (including phenoxy) is 2. The summed E-state index contributed by atoms with van der Waals surface area (Å²) in [6.07, 6.45) is 5.41. The minimum absolute atomic E-state index is 0.514. The molecule has 1 heterocycles. The zero-order chi connectivity index (χ0) is 14.4. The van der Waals surface area contributed by atoms with E-state index in [2.05, 4.69) is 16.5 Å². The molecule has 0 saturated heterocycles. The Morgan fingerprint density at radius 3 is 2.90 bits per heavy atom.